The molecule has 0 saturated carbocycles. The van der Waals surface area contributed by atoms with Crippen molar-refractivity contribution in [2.45, 2.75) is 13.0 Å². The molecule has 0 fully saturated rings. The van der Waals surface area contributed by atoms with Crippen LogP contribution in [0.15, 0.2) is 36.4 Å². The topological polar surface area (TPSA) is 56.8 Å². The molecular weight excluding hydrogens is 326 g/mol. The van der Waals surface area contributed by atoms with Gasteiger partial charge in [-0.3, -0.25) is 4.79 Å². The number of carbonyl (C=O) groups is 1. The highest BCUT2D eigenvalue weighted by molar-refractivity contribution is 7.12. The Morgan fingerprint density at radius 2 is 2.17 bits per heavy atom. The second kappa shape index (κ2) is 7.51. The van der Waals surface area contributed by atoms with E-state index < -0.39 is 0 Å². The molecule has 1 N–H and O–H groups in total. The molecule has 1 aromatic heterocycles. The van der Waals surface area contributed by atoms with Gasteiger partial charge in [0.05, 0.1) is 0 Å². The molecule has 0 bridgehead atoms. The minimum Gasteiger partial charge on any atom is -0.454 e. The number of hydrogen-bond donors (Lipinski definition) is 1. The Morgan fingerprint density at radius 3 is 2.92 bits per heavy atom. The summed E-state index contributed by atoms with van der Waals surface area (Å²) in [6.07, 6.45) is 3.12. The van der Waals surface area contributed by atoms with Crippen molar-refractivity contribution in [1.29, 1.82) is 0 Å². The van der Waals surface area contributed by atoms with Crippen LogP contribution in [-0.4, -0.2) is 26.4 Å². The second-order valence-corrected chi connectivity index (χ2v) is 6.68. The normalized spacial score (nSPS) is 14.1. The van der Waals surface area contributed by atoms with Crippen LogP contribution in [0.5, 0.6) is 11.5 Å². The first-order valence-electron chi connectivity index (χ1n) is 7.60. The third-order valence-electron chi connectivity index (χ3n) is 3.65. The molecular formula is C18H19NO4S. The molecule has 0 radical (unpaired) electrons. The predicted octanol–water partition coefficient (Wildman–Crippen LogP) is 3.30. The summed E-state index contributed by atoms with van der Waals surface area (Å²) in [5.41, 5.74) is 0.881. The first-order chi connectivity index (χ1) is 11.7. The lowest BCUT2D eigenvalue weighted by molar-refractivity contribution is -0.117. The van der Waals surface area contributed by atoms with Crippen molar-refractivity contribution in [3.05, 3.63) is 51.7 Å². The molecule has 1 aliphatic heterocycles. The van der Waals surface area contributed by atoms with E-state index in [2.05, 4.69) is 5.32 Å². The standard InChI is InChI=1S/C18H19NO4S/c1-12-3-7-17(24-12)16(21-2)10-19-18(20)8-5-13-4-6-14-15(9-13)23-11-22-14/h3-9,16H,10-11H2,1-2H3,(H,19,20)/b8-5+/t16-/m0/s1. The molecule has 0 unspecified atom stereocenters. The zero-order chi connectivity index (χ0) is 16.9. The Labute approximate surface area is 144 Å². The number of aryl methyl sites for hydroxylation is 1. The summed E-state index contributed by atoms with van der Waals surface area (Å²) >= 11 is 1.67. The van der Waals surface area contributed by atoms with Crippen molar-refractivity contribution in [2.24, 2.45) is 0 Å². The molecule has 126 valence electrons. The van der Waals surface area contributed by atoms with Crippen molar-refractivity contribution in [3.63, 3.8) is 0 Å². The van der Waals surface area contributed by atoms with Crippen LogP contribution in [0.3, 0.4) is 0 Å². The average Bonchev–Trinajstić information content (AvgIpc) is 3.22. The lowest BCUT2D eigenvalue weighted by Gasteiger charge is -2.13. The highest BCUT2D eigenvalue weighted by Crippen LogP contribution is 2.32. The highest BCUT2D eigenvalue weighted by atomic mass is 32.1. The minimum absolute atomic E-state index is 0.133. The maximum atomic E-state index is 12.0. The Balaban J connectivity index is 1.55. The van der Waals surface area contributed by atoms with E-state index in [9.17, 15) is 4.79 Å². The van der Waals surface area contributed by atoms with Crippen molar-refractivity contribution in [1.82, 2.24) is 5.32 Å². The molecule has 1 aromatic carbocycles. The number of rotatable bonds is 6. The van der Waals surface area contributed by atoms with Crippen LogP contribution in [-0.2, 0) is 9.53 Å². The van der Waals surface area contributed by atoms with Gasteiger partial charge in [-0.15, -0.1) is 11.3 Å². The number of methoxy groups -OCH3 is 1. The van der Waals surface area contributed by atoms with Gasteiger partial charge in [-0.2, -0.15) is 0 Å². The van der Waals surface area contributed by atoms with Gasteiger partial charge in [-0.05, 0) is 42.8 Å². The summed E-state index contributed by atoms with van der Waals surface area (Å²) in [5, 5.41) is 2.86. The summed E-state index contributed by atoms with van der Waals surface area (Å²) in [4.78, 5) is 14.3. The molecule has 1 aliphatic rings. The van der Waals surface area contributed by atoms with Gasteiger partial charge in [0.1, 0.15) is 6.10 Å². The lowest BCUT2D eigenvalue weighted by atomic mass is 10.2. The van der Waals surface area contributed by atoms with E-state index in [1.807, 2.05) is 37.3 Å². The zero-order valence-electron chi connectivity index (χ0n) is 13.6. The van der Waals surface area contributed by atoms with Crippen molar-refractivity contribution in [3.8, 4) is 11.5 Å². The van der Waals surface area contributed by atoms with Crippen molar-refractivity contribution in [2.75, 3.05) is 20.4 Å². The van der Waals surface area contributed by atoms with Crippen LogP contribution < -0.4 is 14.8 Å². The number of amides is 1. The van der Waals surface area contributed by atoms with Crippen molar-refractivity contribution >= 4 is 23.3 Å². The summed E-state index contributed by atoms with van der Waals surface area (Å²) in [7, 11) is 1.65. The summed E-state index contributed by atoms with van der Waals surface area (Å²) in [6.45, 7) is 2.72. The lowest BCUT2D eigenvalue weighted by Crippen LogP contribution is -2.27. The van der Waals surface area contributed by atoms with Crippen LogP contribution in [0.25, 0.3) is 6.08 Å². The van der Waals surface area contributed by atoms with Gasteiger partial charge in [0.2, 0.25) is 12.7 Å². The summed E-state index contributed by atoms with van der Waals surface area (Å²) in [5.74, 6) is 1.26. The van der Waals surface area contributed by atoms with Crippen molar-refractivity contribution < 1.29 is 19.0 Å². The molecule has 5 nitrogen and oxygen atoms in total. The molecule has 6 heteroatoms. The fourth-order valence-corrected chi connectivity index (χ4v) is 3.32. The van der Waals surface area contributed by atoms with Crippen LogP contribution in [0.1, 0.15) is 21.4 Å². The number of nitrogens with one attached hydrogen (secondary N) is 1. The Hall–Kier alpha value is -2.31. The third kappa shape index (κ3) is 3.96. The summed E-state index contributed by atoms with van der Waals surface area (Å²) < 4.78 is 16.0. The number of fused-ring (bicyclic) bond motifs is 1. The number of thiophene rings is 1. The maximum Gasteiger partial charge on any atom is 0.244 e. The fraction of sp³-hybridized carbons (Fsp3) is 0.278. The van der Waals surface area contributed by atoms with Crippen LogP contribution in [0.4, 0.5) is 0 Å². The number of benzene rings is 1. The molecule has 1 amide bonds. The van der Waals surface area contributed by atoms with Gasteiger partial charge < -0.3 is 19.5 Å². The van der Waals surface area contributed by atoms with Crippen LogP contribution >= 0.6 is 11.3 Å². The maximum absolute atomic E-state index is 12.0. The first kappa shape index (κ1) is 16.5. The minimum atomic E-state index is -0.164. The molecule has 0 spiro atoms. The Morgan fingerprint density at radius 1 is 1.33 bits per heavy atom. The van der Waals surface area contributed by atoms with E-state index >= 15 is 0 Å². The SMILES string of the molecule is CO[C@@H](CNC(=O)/C=C/c1ccc2c(c1)OCO2)c1ccc(C)s1. The zero-order valence-corrected chi connectivity index (χ0v) is 14.4. The van der Waals surface area contributed by atoms with Gasteiger partial charge in [0.25, 0.3) is 0 Å². The van der Waals surface area contributed by atoms with Gasteiger partial charge >= 0.3 is 0 Å². The van der Waals surface area contributed by atoms with E-state index in [0.717, 1.165) is 16.2 Å². The van der Waals surface area contributed by atoms with Gasteiger partial charge in [0, 0.05) is 29.5 Å². The average molecular weight is 345 g/mol. The van der Waals surface area contributed by atoms with Gasteiger partial charge in [0.15, 0.2) is 11.5 Å². The van der Waals surface area contributed by atoms with Crippen LogP contribution in [0, 0.1) is 6.92 Å². The Bertz CT molecular complexity index is 753. The fourth-order valence-electron chi connectivity index (χ4n) is 2.37. The molecule has 1 atom stereocenters. The molecule has 3 rings (SSSR count). The largest absolute Gasteiger partial charge is 0.454 e. The van der Waals surface area contributed by atoms with E-state index in [4.69, 9.17) is 14.2 Å². The third-order valence-corrected chi connectivity index (χ3v) is 4.74. The Kier molecular flexibility index (Phi) is 5.17. The number of hydrogen-bond acceptors (Lipinski definition) is 5. The molecule has 24 heavy (non-hydrogen) atoms. The smallest absolute Gasteiger partial charge is 0.244 e. The molecule has 2 aromatic rings. The van der Waals surface area contributed by atoms with Gasteiger partial charge in [-0.1, -0.05) is 6.07 Å². The van der Waals surface area contributed by atoms with E-state index in [1.165, 1.54) is 11.0 Å². The quantitative estimate of drug-likeness (QED) is 0.816. The number of carbonyl (C=O) groups excluding carboxylic acids is 1. The summed E-state index contributed by atoms with van der Waals surface area (Å²) in [6, 6.07) is 9.64. The van der Waals surface area contributed by atoms with E-state index in [-0.39, 0.29) is 18.8 Å². The second-order valence-electron chi connectivity index (χ2n) is 5.36. The molecule has 0 saturated heterocycles. The molecule has 2 heterocycles. The first-order valence-corrected chi connectivity index (χ1v) is 8.42. The van der Waals surface area contributed by atoms with Gasteiger partial charge in [-0.25, -0.2) is 0 Å². The predicted molar refractivity (Wildman–Crippen MR) is 93.4 cm³/mol. The number of ether oxygens (including phenoxy) is 3. The van der Waals surface area contributed by atoms with Crippen LogP contribution in [0.2, 0.25) is 0 Å². The van der Waals surface area contributed by atoms with E-state index in [0.29, 0.717) is 12.3 Å². The van der Waals surface area contributed by atoms with E-state index in [1.54, 1.807) is 24.5 Å². The highest BCUT2D eigenvalue weighted by Gasteiger charge is 2.14. The molecule has 0 aliphatic carbocycles. The monoisotopic (exact) mass is 345 g/mol.